The summed E-state index contributed by atoms with van der Waals surface area (Å²) in [5.74, 6) is 0.0164. The summed E-state index contributed by atoms with van der Waals surface area (Å²) in [4.78, 5) is 42.2. The van der Waals surface area contributed by atoms with Crippen molar-refractivity contribution in [2.45, 2.75) is 26.7 Å². The third-order valence-corrected chi connectivity index (χ3v) is 4.77. The number of aromatic nitrogens is 1. The van der Waals surface area contributed by atoms with Gasteiger partial charge in [-0.3, -0.25) is 19.4 Å². The number of piperidine rings is 1. The number of carbonyl (C=O) groups excluding carboxylic acids is 3. The summed E-state index contributed by atoms with van der Waals surface area (Å²) < 4.78 is 0. The third-order valence-electron chi connectivity index (χ3n) is 4.77. The van der Waals surface area contributed by atoms with Crippen molar-refractivity contribution in [3.8, 4) is 0 Å². The zero-order chi connectivity index (χ0) is 20.1. The van der Waals surface area contributed by atoms with E-state index < -0.39 is 5.91 Å². The van der Waals surface area contributed by atoms with Crippen LogP contribution in [0.5, 0.6) is 0 Å². The maximum atomic E-state index is 12.7. The van der Waals surface area contributed by atoms with Crippen molar-refractivity contribution in [3.63, 3.8) is 0 Å². The molecule has 1 aromatic heterocycles. The molecule has 1 saturated heterocycles. The van der Waals surface area contributed by atoms with Gasteiger partial charge in [0.1, 0.15) is 5.69 Å². The second kappa shape index (κ2) is 8.65. The minimum atomic E-state index is -0.394. The van der Waals surface area contributed by atoms with E-state index >= 15 is 0 Å². The predicted octanol–water partition coefficient (Wildman–Crippen LogP) is 3.16. The highest BCUT2D eigenvalue weighted by molar-refractivity contribution is 6.05. The Morgan fingerprint density at radius 1 is 1.00 bits per heavy atom. The monoisotopic (exact) mass is 380 g/mol. The number of hydrogen-bond acceptors (Lipinski definition) is 4. The lowest BCUT2D eigenvalue weighted by atomic mass is 9.98. The molecule has 28 heavy (non-hydrogen) atoms. The first kappa shape index (κ1) is 19.5. The SMILES string of the molecule is CC(=O)Nc1ccc(NC(=O)c2cc(C(=O)N3CCC(C)CC3)ccn2)cc1. The van der Waals surface area contributed by atoms with Crippen LogP contribution in [0.3, 0.4) is 0 Å². The molecular formula is C21H24N4O3. The fourth-order valence-corrected chi connectivity index (χ4v) is 3.12. The number of amides is 3. The van der Waals surface area contributed by atoms with E-state index in [1.165, 1.54) is 19.2 Å². The van der Waals surface area contributed by atoms with Gasteiger partial charge in [0.25, 0.3) is 11.8 Å². The van der Waals surface area contributed by atoms with Gasteiger partial charge in [-0.2, -0.15) is 0 Å². The minimum Gasteiger partial charge on any atom is -0.339 e. The fraction of sp³-hybridized carbons (Fsp3) is 0.333. The van der Waals surface area contributed by atoms with Gasteiger partial charge in [-0.25, -0.2) is 0 Å². The number of hydrogen-bond donors (Lipinski definition) is 2. The Kier molecular flexibility index (Phi) is 6.03. The third kappa shape index (κ3) is 4.94. The summed E-state index contributed by atoms with van der Waals surface area (Å²) in [5, 5.41) is 5.42. The molecule has 1 aliphatic rings. The lowest BCUT2D eigenvalue weighted by molar-refractivity contribution is -0.114. The van der Waals surface area contributed by atoms with E-state index in [1.54, 1.807) is 30.3 Å². The quantitative estimate of drug-likeness (QED) is 0.852. The van der Waals surface area contributed by atoms with Gasteiger partial charge in [-0.15, -0.1) is 0 Å². The molecule has 1 aromatic carbocycles. The number of carbonyl (C=O) groups is 3. The Labute approximate surface area is 164 Å². The van der Waals surface area contributed by atoms with Gasteiger partial charge in [0.15, 0.2) is 0 Å². The summed E-state index contributed by atoms with van der Waals surface area (Å²) in [6, 6.07) is 9.93. The van der Waals surface area contributed by atoms with Gasteiger partial charge in [-0.05, 0) is 55.2 Å². The van der Waals surface area contributed by atoms with Crippen molar-refractivity contribution in [2.24, 2.45) is 5.92 Å². The minimum absolute atomic E-state index is 0.0667. The van der Waals surface area contributed by atoms with Crippen LogP contribution in [-0.2, 0) is 4.79 Å². The zero-order valence-corrected chi connectivity index (χ0v) is 16.1. The Morgan fingerprint density at radius 2 is 1.61 bits per heavy atom. The van der Waals surface area contributed by atoms with Crippen LogP contribution in [0.25, 0.3) is 0 Å². The van der Waals surface area contributed by atoms with Crippen molar-refractivity contribution < 1.29 is 14.4 Å². The average Bonchev–Trinajstić information content (AvgIpc) is 2.69. The molecule has 2 N–H and O–H groups in total. The van der Waals surface area contributed by atoms with Crippen molar-refractivity contribution in [1.82, 2.24) is 9.88 Å². The van der Waals surface area contributed by atoms with Gasteiger partial charge in [-0.1, -0.05) is 6.92 Å². The highest BCUT2D eigenvalue weighted by Crippen LogP contribution is 2.19. The second-order valence-electron chi connectivity index (χ2n) is 7.12. The largest absolute Gasteiger partial charge is 0.339 e. The van der Waals surface area contributed by atoms with Crippen LogP contribution >= 0.6 is 0 Å². The lowest BCUT2D eigenvalue weighted by Gasteiger charge is -2.30. The number of rotatable bonds is 4. The molecule has 0 saturated carbocycles. The van der Waals surface area contributed by atoms with E-state index in [0.29, 0.717) is 22.9 Å². The Bertz CT molecular complexity index is 871. The number of nitrogens with zero attached hydrogens (tertiary/aromatic N) is 2. The van der Waals surface area contributed by atoms with Crippen LogP contribution in [0.2, 0.25) is 0 Å². The molecule has 2 heterocycles. The molecular weight excluding hydrogens is 356 g/mol. The van der Waals surface area contributed by atoms with Crippen LogP contribution in [-0.4, -0.2) is 40.7 Å². The first-order valence-electron chi connectivity index (χ1n) is 9.36. The molecule has 146 valence electrons. The zero-order valence-electron chi connectivity index (χ0n) is 16.1. The van der Waals surface area contributed by atoms with Gasteiger partial charge in [0, 0.05) is 43.1 Å². The predicted molar refractivity (Wildman–Crippen MR) is 107 cm³/mol. The van der Waals surface area contributed by atoms with Crippen molar-refractivity contribution in [1.29, 1.82) is 0 Å². The summed E-state index contributed by atoms with van der Waals surface area (Å²) in [6.07, 6.45) is 3.48. The first-order chi connectivity index (χ1) is 13.4. The number of pyridine rings is 1. The summed E-state index contributed by atoms with van der Waals surface area (Å²) in [5.41, 5.74) is 1.87. The molecule has 0 unspecified atom stereocenters. The summed E-state index contributed by atoms with van der Waals surface area (Å²) in [6.45, 7) is 5.11. The molecule has 0 atom stereocenters. The molecule has 2 aromatic rings. The highest BCUT2D eigenvalue weighted by atomic mass is 16.2. The van der Waals surface area contributed by atoms with Crippen LogP contribution in [0.15, 0.2) is 42.6 Å². The number of benzene rings is 1. The fourth-order valence-electron chi connectivity index (χ4n) is 3.12. The van der Waals surface area contributed by atoms with E-state index in [0.717, 1.165) is 25.9 Å². The molecule has 0 aliphatic carbocycles. The van der Waals surface area contributed by atoms with Crippen molar-refractivity contribution in [2.75, 3.05) is 23.7 Å². The van der Waals surface area contributed by atoms with Crippen LogP contribution in [0.1, 0.15) is 47.5 Å². The van der Waals surface area contributed by atoms with Gasteiger partial charge < -0.3 is 15.5 Å². The summed E-state index contributed by atoms with van der Waals surface area (Å²) >= 11 is 0. The Morgan fingerprint density at radius 3 is 2.21 bits per heavy atom. The standard InChI is InChI=1S/C21H24N4O3/c1-14-8-11-25(12-9-14)21(28)16-7-10-22-19(13-16)20(27)24-18-5-3-17(4-6-18)23-15(2)26/h3-7,10,13-14H,8-9,11-12H2,1-2H3,(H,23,26)(H,24,27). The van der Waals surface area contributed by atoms with Crippen LogP contribution in [0, 0.1) is 5.92 Å². The average molecular weight is 380 g/mol. The molecule has 1 fully saturated rings. The first-order valence-corrected chi connectivity index (χ1v) is 9.36. The molecule has 0 bridgehead atoms. The van der Waals surface area contributed by atoms with Crippen LogP contribution < -0.4 is 10.6 Å². The molecule has 0 spiro atoms. The van der Waals surface area contributed by atoms with Gasteiger partial charge in [0.2, 0.25) is 5.91 Å². The van der Waals surface area contributed by atoms with E-state index in [2.05, 4.69) is 22.5 Å². The smallest absolute Gasteiger partial charge is 0.274 e. The number of nitrogens with one attached hydrogen (secondary N) is 2. The molecule has 3 amide bonds. The Hall–Kier alpha value is -3.22. The normalized spacial score (nSPS) is 14.4. The highest BCUT2D eigenvalue weighted by Gasteiger charge is 2.22. The van der Waals surface area contributed by atoms with Crippen molar-refractivity contribution in [3.05, 3.63) is 53.9 Å². The number of likely N-dealkylation sites (tertiary alicyclic amines) is 1. The van der Waals surface area contributed by atoms with Crippen molar-refractivity contribution >= 4 is 29.1 Å². The molecule has 7 heteroatoms. The lowest BCUT2D eigenvalue weighted by Crippen LogP contribution is -2.38. The van der Waals surface area contributed by atoms with E-state index in [1.807, 2.05) is 4.90 Å². The molecule has 3 rings (SSSR count). The van der Waals surface area contributed by atoms with E-state index in [-0.39, 0.29) is 17.5 Å². The topological polar surface area (TPSA) is 91.4 Å². The summed E-state index contributed by atoms with van der Waals surface area (Å²) in [7, 11) is 0. The maximum Gasteiger partial charge on any atom is 0.274 e. The maximum absolute atomic E-state index is 12.7. The molecule has 7 nitrogen and oxygen atoms in total. The number of anilines is 2. The van der Waals surface area contributed by atoms with Crippen LogP contribution in [0.4, 0.5) is 11.4 Å². The molecule has 1 aliphatic heterocycles. The van der Waals surface area contributed by atoms with Gasteiger partial charge >= 0.3 is 0 Å². The van der Waals surface area contributed by atoms with E-state index in [4.69, 9.17) is 0 Å². The second-order valence-corrected chi connectivity index (χ2v) is 7.12. The Balaban J connectivity index is 1.66. The van der Waals surface area contributed by atoms with E-state index in [9.17, 15) is 14.4 Å². The molecule has 0 radical (unpaired) electrons. The van der Waals surface area contributed by atoms with Gasteiger partial charge in [0.05, 0.1) is 0 Å².